The molecule has 1 fully saturated rings. The van der Waals surface area contributed by atoms with Crippen molar-refractivity contribution in [1.29, 1.82) is 0 Å². The van der Waals surface area contributed by atoms with Gasteiger partial charge in [-0.3, -0.25) is 4.79 Å². The molecule has 1 aromatic rings. The van der Waals surface area contributed by atoms with Gasteiger partial charge in [0.2, 0.25) is 0 Å². The average molecular weight is 210 g/mol. The first kappa shape index (κ1) is 9.68. The molecule has 76 valence electrons. The molecule has 1 saturated heterocycles. The molecule has 0 aliphatic carbocycles. The molecule has 0 radical (unpaired) electrons. The summed E-state index contributed by atoms with van der Waals surface area (Å²) in [5, 5.41) is 6.24. The van der Waals surface area contributed by atoms with Crippen LogP contribution >= 0.6 is 11.3 Å². The monoisotopic (exact) mass is 210 g/mol. The minimum atomic E-state index is 0.0665. The largest absolute Gasteiger partial charge is 0.347 e. The maximum absolute atomic E-state index is 11.7. The number of hydrogen-bond donors (Lipinski definition) is 2. The number of carbonyl (C=O) groups is 1. The molecular weight excluding hydrogens is 196 g/mol. The van der Waals surface area contributed by atoms with Crippen molar-refractivity contribution in [1.82, 2.24) is 10.6 Å². The molecule has 3 nitrogen and oxygen atoms in total. The van der Waals surface area contributed by atoms with Gasteiger partial charge in [0.25, 0.3) is 5.91 Å². The normalized spacial score (nSPS) is 21.1. The fourth-order valence-corrected chi connectivity index (χ4v) is 2.36. The van der Waals surface area contributed by atoms with Crippen LogP contribution in [0.25, 0.3) is 0 Å². The maximum Gasteiger partial charge on any atom is 0.261 e. The lowest BCUT2D eigenvalue weighted by Crippen LogP contribution is -2.35. The molecule has 0 unspecified atom stereocenters. The zero-order chi connectivity index (χ0) is 9.97. The third-order valence-electron chi connectivity index (χ3n) is 2.36. The number of nitrogens with one attached hydrogen (secondary N) is 2. The summed E-state index contributed by atoms with van der Waals surface area (Å²) >= 11 is 1.55. The molecule has 2 heterocycles. The Kier molecular flexibility index (Phi) is 2.84. The molecule has 1 aliphatic rings. The lowest BCUT2D eigenvalue weighted by molar-refractivity contribution is 0.0944. The van der Waals surface area contributed by atoms with Crippen LogP contribution in [0.1, 0.15) is 21.0 Å². The number of aryl methyl sites for hydroxylation is 1. The van der Waals surface area contributed by atoms with E-state index >= 15 is 0 Å². The Hall–Kier alpha value is -0.870. The van der Waals surface area contributed by atoms with Gasteiger partial charge in [-0.15, -0.1) is 11.3 Å². The summed E-state index contributed by atoms with van der Waals surface area (Å²) in [5.41, 5.74) is 0. The van der Waals surface area contributed by atoms with E-state index in [-0.39, 0.29) is 5.91 Å². The van der Waals surface area contributed by atoms with E-state index in [0.29, 0.717) is 6.04 Å². The van der Waals surface area contributed by atoms with Crippen molar-refractivity contribution in [2.45, 2.75) is 19.4 Å². The molecule has 1 aromatic heterocycles. The van der Waals surface area contributed by atoms with Crippen LogP contribution in [-0.4, -0.2) is 25.0 Å². The van der Waals surface area contributed by atoms with E-state index in [4.69, 9.17) is 0 Å². The molecule has 1 atom stereocenters. The van der Waals surface area contributed by atoms with Crippen LogP contribution in [0.3, 0.4) is 0 Å². The van der Waals surface area contributed by atoms with Crippen LogP contribution in [0.15, 0.2) is 12.1 Å². The van der Waals surface area contributed by atoms with Crippen LogP contribution in [-0.2, 0) is 0 Å². The standard InChI is InChI=1S/C10H14N2OS/c1-7-2-3-9(14-7)10(13)12-8-4-5-11-6-8/h2-3,8,11H,4-6H2,1H3,(H,12,13)/t8-/m0/s1. The topological polar surface area (TPSA) is 41.1 Å². The summed E-state index contributed by atoms with van der Waals surface area (Å²) in [7, 11) is 0. The van der Waals surface area contributed by atoms with Gasteiger partial charge in [0.05, 0.1) is 4.88 Å². The number of carbonyl (C=O) groups excluding carboxylic acids is 1. The van der Waals surface area contributed by atoms with Crippen molar-refractivity contribution >= 4 is 17.2 Å². The third-order valence-corrected chi connectivity index (χ3v) is 3.36. The highest BCUT2D eigenvalue weighted by Crippen LogP contribution is 2.15. The second-order valence-corrected chi connectivity index (χ2v) is 4.86. The van der Waals surface area contributed by atoms with Crippen LogP contribution in [0, 0.1) is 6.92 Å². The third kappa shape index (κ3) is 2.13. The molecule has 1 aliphatic heterocycles. The van der Waals surface area contributed by atoms with E-state index < -0.39 is 0 Å². The van der Waals surface area contributed by atoms with E-state index in [1.165, 1.54) is 4.88 Å². The Bertz CT molecular complexity index is 329. The van der Waals surface area contributed by atoms with E-state index in [1.54, 1.807) is 11.3 Å². The van der Waals surface area contributed by atoms with Crippen LogP contribution in [0.5, 0.6) is 0 Å². The summed E-state index contributed by atoms with van der Waals surface area (Å²) in [5.74, 6) is 0.0665. The second kappa shape index (κ2) is 4.11. The zero-order valence-corrected chi connectivity index (χ0v) is 8.99. The molecule has 1 amide bonds. The fourth-order valence-electron chi connectivity index (χ4n) is 1.59. The Morgan fingerprint density at radius 1 is 1.64 bits per heavy atom. The van der Waals surface area contributed by atoms with Gasteiger partial charge in [-0.05, 0) is 32.0 Å². The molecule has 0 spiro atoms. The molecule has 14 heavy (non-hydrogen) atoms. The molecule has 0 bridgehead atoms. The van der Waals surface area contributed by atoms with Gasteiger partial charge in [0.1, 0.15) is 0 Å². The zero-order valence-electron chi connectivity index (χ0n) is 8.17. The van der Waals surface area contributed by atoms with Crippen molar-refractivity contribution in [3.63, 3.8) is 0 Å². The first-order valence-electron chi connectivity index (χ1n) is 4.84. The van der Waals surface area contributed by atoms with Gasteiger partial charge in [-0.2, -0.15) is 0 Å². The summed E-state index contributed by atoms with van der Waals surface area (Å²) < 4.78 is 0. The quantitative estimate of drug-likeness (QED) is 0.769. The number of amides is 1. The van der Waals surface area contributed by atoms with Gasteiger partial charge in [0, 0.05) is 17.5 Å². The van der Waals surface area contributed by atoms with E-state index in [9.17, 15) is 4.79 Å². The van der Waals surface area contributed by atoms with Crippen molar-refractivity contribution in [2.75, 3.05) is 13.1 Å². The van der Waals surface area contributed by atoms with Crippen molar-refractivity contribution < 1.29 is 4.79 Å². The maximum atomic E-state index is 11.7. The predicted octanol–water partition coefficient (Wildman–Crippen LogP) is 1.15. The number of hydrogen-bond acceptors (Lipinski definition) is 3. The molecule has 0 aromatic carbocycles. The SMILES string of the molecule is Cc1ccc(C(=O)N[C@H]2CCNC2)s1. The molecular formula is C10H14N2OS. The number of thiophene rings is 1. The van der Waals surface area contributed by atoms with Gasteiger partial charge in [-0.1, -0.05) is 0 Å². The van der Waals surface area contributed by atoms with Crippen LogP contribution < -0.4 is 10.6 Å². The summed E-state index contributed by atoms with van der Waals surface area (Å²) in [6.45, 7) is 3.92. The molecule has 0 saturated carbocycles. The van der Waals surface area contributed by atoms with E-state index in [2.05, 4.69) is 10.6 Å². The van der Waals surface area contributed by atoms with Crippen LogP contribution in [0.2, 0.25) is 0 Å². The fraction of sp³-hybridized carbons (Fsp3) is 0.500. The molecule has 2 rings (SSSR count). The van der Waals surface area contributed by atoms with Gasteiger partial charge < -0.3 is 10.6 Å². The Balaban J connectivity index is 1.95. The van der Waals surface area contributed by atoms with Crippen molar-refractivity contribution in [3.05, 3.63) is 21.9 Å². The lowest BCUT2D eigenvalue weighted by atomic mass is 10.2. The predicted molar refractivity (Wildman–Crippen MR) is 57.8 cm³/mol. The summed E-state index contributed by atoms with van der Waals surface area (Å²) in [6.07, 6.45) is 1.04. The highest BCUT2D eigenvalue weighted by Gasteiger charge is 2.17. The Labute approximate surface area is 87.5 Å². The second-order valence-electron chi connectivity index (χ2n) is 3.57. The summed E-state index contributed by atoms with van der Waals surface area (Å²) in [4.78, 5) is 13.7. The molecule has 4 heteroatoms. The Morgan fingerprint density at radius 3 is 3.07 bits per heavy atom. The van der Waals surface area contributed by atoms with Crippen LogP contribution in [0.4, 0.5) is 0 Å². The Morgan fingerprint density at radius 2 is 2.50 bits per heavy atom. The van der Waals surface area contributed by atoms with Crippen molar-refractivity contribution in [2.24, 2.45) is 0 Å². The minimum absolute atomic E-state index is 0.0665. The summed E-state index contributed by atoms with van der Waals surface area (Å²) in [6, 6.07) is 4.18. The first-order valence-corrected chi connectivity index (χ1v) is 5.65. The lowest BCUT2D eigenvalue weighted by Gasteiger charge is -2.09. The average Bonchev–Trinajstić information content (AvgIpc) is 2.75. The number of rotatable bonds is 2. The van der Waals surface area contributed by atoms with E-state index in [1.807, 2.05) is 19.1 Å². The highest BCUT2D eigenvalue weighted by molar-refractivity contribution is 7.13. The smallest absolute Gasteiger partial charge is 0.261 e. The van der Waals surface area contributed by atoms with E-state index in [0.717, 1.165) is 24.4 Å². The van der Waals surface area contributed by atoms with Gasteiger partial charge >= 0.3 is 0 Å². The van der Waals surface area contributed by atoms with Crippen molar-refractivity contribution in [3.8, 4) is 0 Å². The highest BCUT2D eigenvalue weighted by atomic mass is 32.1. The molecule has 2 N–H and O–H groups in total. The van der Waals surface area contributed by atoms with Gasteiger partial charge in [-0.25, -0.2) is 0 Å². The first-order chi connectivity index (χ1) is 6.75. The minimum Gasteiger partial charge on any atom is -0.347 e. The van der Waals surface area contributed by atoms with Gasteiger partial charge in [0.15, 0.2) is 0 Å².